The predicted molar refractivity (Wildman–Crippen MR) is 102 cm³/mol. The summed E-state index contributed by atoms with van der Waals surface area (Å²) in [5, 5.41) is 3.21. The van der Waals surface area contributed by atoms with Crippen LogP contribution in [0.4, 0.5) is 5.82 Å². The van der Waals surface area contributed by atoms with Crippen LogP contribution in [0.5, 0.6) is 0 Å². The minimum atomic E-state index is -0.530. The average Bonchev–Trinajstić information content (AvgIpc) is 3.20. The molecular formula is C20H30N4O3. The van der Waals surface area contributed by atoms with Gasteiger partial charge in [-0.3, -0.25) is 4.79 Å². The molecule has 1 aliphatic carbocycles. The third-order valence-corrected chi connectivity index (χ3v) is 5.84. The first-order valence-corrected chi connectivity index (χ1v) is 10.0. The van der Waals surface area contributed by atoms with Crippen molar-refractivity contribution in [1.82, 2.24) is 15.3 Å². The molecule has 3 rings (SSSR count). The number of carbonyl (C=O) groups is 2. The maximum Gasteiger partial charge on any atom is 0.376 e. The standard InChI is InChI=1S/C20H30N4O3/c1-14(22-18(25)12-15-6-3-4-7-15)16-8-5-11-24(13-16)17-9-10-21-19(23-17)20(26)27-2/h9-10,14-16H,3-8,11-13H2,1-2H3,(H,22,25). The number of nitrogens with zero attached hydrogens (tertiary/aromatic N) is 3. The molecule has 0 aromatic carbocycles. The number of ether oxygens (including phenoxy) is 1. The Hall–Kier alpha value is -2.18. The number of rotatable bonds is 6. The van der Waals surface area contributed by atoms with E-state index in [1.807, 2.05) is 6.07 Å². The topological polar surface area (TPSA) is 84.4 Å². The smallest absolute Gasteiger partial charge is 0.376 e. The second kappa shape index (κ2) is 9.15. The first-order valence-electron chi connectivity index (χ1n) is 10.0. The summed E-state index contributed by atoms with van der Waals surface area (Å²) < 4.78 is 4.71. The van der Waals surface area contributed by atoms with Gasteiger partial charge in [0.2, 0.25) is 11.7 Å². The molecular weight excluding hydrogens is 344 g/mol. The molecule has 7 heteroatoms. The molecule has 1 saturated heterocycles. The van der Waals surface area contributed by atoms with E-state index in [0.29, 0.717) is 18.3 Å². The van der Waals surface area contributed by atoms with E-state index in [-0.39, 0.29) is 17.8 Å². The molecule has 1 saturated carbocycles. The van der Waals surface area contributed by atoms with Crippen LogP contribution in [0.25, 0.3) is 0 Å². The van der Waals surface area contributed by atoms with Crippen LogP contribution in [0.15, 0.2) is 12.3 Å². The van der Waals surface area contributed by atoms with E-state index in [0.717, 1.165) is 31.7 Å². The van der Waals surface area contributed by atoms with Crippen LogP contribution >= 0.6 is 0 Å². The third-order valence-electron chi connectivity index (χ3n) is 5.84. The van der Waals surface area contributed by atoms with Crippen molar-refractivity contribution in [2.24, 2.45) is 11.8 Å². The van der Waals surface area contributed by atoms with E-state index in [4.69, 9.17) is 4.74 Å². The SMILES string of the molecule is COC(=O)c1nccc(N2CCCC(C(C)NC(=O)CC3CCCC3)C2)n1. The lowest BCUT2D eigenvalue weighted by Gasteiger charge is -2.36. The van der Waals surface area contributed by atoms with Crippen LogP contribution in [-0.4, -0.2) is 48.1 Å². The Bertz CT molecular complexity index is 660. The van der Waals surface area contributed by atoms with Crippen molar-refractivity contribution in [3.05, 3.63) is 18.1 Å². The lowest BCUT2D eigenvalue weighted by molar-refractivity contribution is -0.123. The lowest BCUT2D eigenvalue weighted by Crippen LogP contribution is -2.46. The average molecular weight is 374 g/mol. The van der Waals surface area contributed by atoms with Crippen LogP contribution in [0.1, 0.15) is 62.5 Å². The largest absolute Gasteiger partial charge is 0.463 e. The van der Waals surface area contributed by atoms with Gasteiger partial charge in [-0.05, 0) is 50.5 Å². The van der Waals surface area contributed by atoms with Crippen LogP contribution in [0.2, 0.25) is 0 Å². The highest BCUT2D eigenvalue weighted by Crippen LogP contribution is 2.28. The Morgan fingerprint density at radius 3 is 2.81 bits per heavy atom. The molecule has 2 heterocycles. The number of methoxy groups -OCH3 is 1. The summed E-state index contributed by atoms with van der Waals surface area (Å²) in [4.78, 5) is 34.5. The van der Waals surface area contributed by atoms with Crippen LogP contribution in [-0.2, 0) is 9.53 Å². The Morgan fingerprint density at radius 2 is 2.07 bits per heavy atom. The molecule has 0 bridgehead atoms. The zero-order chi connectivity index (χ0) is 19.2. The summed E-state index contributed by atoms with van der Waals surface area (Å²) in [7, 11) is 1.32. The maximum atomic E-state index is 12.4. The monoisotopic (exact) mass is 374 g/mol. The molecule has 27 heavy (non-hydrogen) atoms. The summed E-state index contributed by atoms with van der Waals surface area (Å²) >= 11 is 0. The fraction of sp³-hybridized carbons (Fsp3) is 0.700. The quantitative estimate of drug-likeness (QED) is 0.771. The van der Waals surface area contributed by atoms with Gasteiger partial charge in [0, 0.05) is 31.7 Å². The Morgan fingerprint density at radius 1 is 1.30 bits per heavy atom. The lowest BCUT2D eigenvalue weighted by atomic mass is 9.91. The highest BCUT2D eigenvalue weighted by Gasteiger charge is 2.28. The van der Waals surface area contributed by atoms with Gasteiger partial charge in [0.25, 0.3) is 0 Å². The van der Waals surface area contributed by atoms with Gasteiger partial charge in [0.15, 0.2) is 0 Å². The van der Waals surface area contributed by atoms with Crippen LogP contribution < -0.4 is 10.2 Å². The molecule has 1 amide bonds. The second-order valence-electron chi connectivity index (χ2n) is 7.79. The van der Waals surface area contributed by atoms with Gasteiger partial charge in [0.05, 0.1) is 7.11 Å². The molecule has 2 unspecified atom stereocenters. The van der Waals surface area contributed by atoms with Crippen molar-refractivity contribution in [3.8, 4) is 0 Å². The zero-order valence-corrected chi connectivity index (χ0v) is 16.3. The third kappa shape index (κ3) is 5.17. The molecule has 1 aromatic rings. The van der Waals surface area contributed by atoms with Gasteiger partial charge in [-0.25, -0.2) is 14.8 Å². The minimum absolute atomic E-state index is 0.0787. The van der Waals surface area contributed by atoms with Gasteiger partial charge < -0.3 is 15.0 Å². The molecule has 1 N–H and O–H groups in total. The Labute approximate surface area is 160 Å². The fourth-order valence-corrected chi connectivity index (χ4v) is 4.25. The summed E-state index contributed by atoms with van der Waals surface area (Å²) in [6.45, 7) is 3.79. The number of anilines is 1. The molecule has 2 aliphatic rings. The van der Waals surface area contributed by atoms with E-state index in [2.05, 4.69) is 27.1 Å². The van der Waals surface area contributed by atoms with E-state index < -0.39 is 5.97 Å². The number of amides is 1. The number of nitrogens with one attached hydrogen (secondary N) is 1. The summed E-state index contributed by atoms with van der Waals surface area (Å²) in [5.41, 5.74) is 0. The highest BCUT2D eigenvalue weighted by molar-refractivity contribution is 5.85. The number of hydrogen-bond acceptors (Lipinski definition) is 6. The molecule has 0 radical (unpaired) electrons. The van der Waals surface area contributed by atoms with Crippen molar-refractivity contribution < 1.29 is 14.3 Å². The van der Waals surface area contributed by atoms with Gasteiger partial charge >= 0.3 is 5.97 Å². The van der Waals surface area contributed by atoms with Crippen molar-refractivity contribution in [3.63, 3.8) is 0 Å². The number of carbonyl (C=O) groups excluding carboxylic acids is 2. The van der Waals surface area contributed by atoms with Crippen molar-refractivity contribution >= 4 is 17.7 Å². The van der Waals surface area contributed by atoms with E-state index >= 15 is 0 Å². The molecule has 148 valence electrons. The van der Waals surface area contributed by atoms with Gasteiger partial charge in [-0.1, -0.05) is 12.8 Å². The Balaban J connectivity index is 1.56. The van der Waals surface area contributed by atoms with Crippen molar-refractivity contribution in [1.29, 1.82) is 0 Å². The fourth-order valence-electron chi connectivity index (χ4n) is 4.25. The number of esters is 1. The number of aromatic nitrogens is 2. The van der Waals surface area contributed by atoms with E-state index in [9.17, 15) is 9.59 Å². The van der Waals surface area contributed by atoms with E-state index in [1.165, 1.54) is 32.8 Å². The molecule has 7 nitrogen and oxygen atoms in total. The predicted octanol–water partition coefficient (Wildman–Crippen LogP) is 2.56. The highest BCUT2D eigenvalue weighted by atomic mass is 16.5. The normalized spacial score (nSPS) is 21.7. The zero-order valence-electron chi connectivity index (χ0n) is 16.3. The number of hydrogen-bond donors (Lipinski definition) is 1. The van der Waals surface area contributed by atoms with Gasteiger partial charge in [-0.2, -0.15) is 0 Å². The number of piperidine rings is 1. The maximum absolute atomic E-state index is 12.4. The molecule has 1 aliphatic heterocycles. The Kier molecular flexibility index (Phi) is 6.63. The molecule has 0 spiro atoms. The van der Waals surface area contributed by atoms with Crippen LogP contribution in [0, 0.1) is 11.8 Å². The second-order valence-corrected chi connectivity index (χ2v) is 7.79. The summed E-state index contributed by atoms with van der Waals surface area (Å²) in [5.74, 6) is 1.40. The van der Waals surface area contributed by atoms with Gasteiger partial charge in [0.1, 0.15) is 5.82 Å². The molecule has 1 aromatic heterocycles. The first kappa shape index (κ1) is 19.6. The molecule has 2 atom stereocenters. The summed E-state index contributed by atoms with van der Waals surface area (Å²) in [6.07, 6.45) is 9.27. The molecule has 2 fully saturated rings. The summed E-state index contributed by atoms with van der Waals surface area (Å²) in [6, 6.07) is 1.95. The first-order chi connectivity index (χ1) is 13.1. The van der Waals surface area contributed by atoms with Gasteiger partial charge in [-0.15, -0.1) is 0 Å². The minimum Gasteiger partial charge on any atom is -0.463 e. The van der Waals surface area contributed by atoms with Crippen LogP contribution in [0.3, 0.4) is 0 Å². The van der Waals surface area contributed by atoms with E-state index in [1.54, 1.807) is 6.20 Å². The van der Waals surface area contributed by atoms with Crippen molar-refractivity contribution in [2.75, 3.05) is 25.1 Å². The van der Waals surface area contributed by atoms with Crippen molar-refractivity contribution in [2.45, 2.75) is 57.9 Å².